The average molecular weight is 472 g/mol. The molecule has 9 nitrogen and oxygen atoms in total. The fourth-order valence-electron chi connectivity index (χ4n) is 2.61. The largest absolute Gasteiger partial charge is 0.497 e. The lowest BCUT2D eigenvalue weighted by molar-refractivity contribution is -0.114. The van der Waals surface area contributed by atoms with E-state index in [0.29, 0.717) is 16.5 Å². The van der Waals surface area contributed by atoms with Crippen molar-refractivity contribution < 1.29 is 17.9 Å². The van der Waals surface area contributed by atoms with Crippen LogP contribution in [0.2, 0.25) is 0 Å². The van der Waals surface area contributed by atoms with Crippen molar-refractivity contribution in [1.82, 2.24) is 9.71 Å². The summed E-state index contributed by atoms with van der Waals surface area (Å²) in [6, 6.07) is 11.4. The van der Waals surface area contributed by atoms with Gasteiger partial charge in [-0.25, -0.2) is 13.4 Å². The van der Waals surface area contributed by atoms with E-state index in [1.807, 2.05) is 18.2 Å². The van der Waals surface area contributed by atoms with Gasteiger partial charge in [-0.2, -0.15) is 0 Å². The van der Waals surface area contributed by atoms with Crippen LogP contribution in [0.1, 0.15) is 12.5 Å². The smallest absolute Gasteiger partial charge is 0.263 e. The molecule has 0 aliphatic carbocycles. The predicted molar refractivity (Wildman–Crippen MR) is 127 cm³/mol. The van der Waals surface area contributed by atoms with E-state index in [1.54, 1.807) is 0 Å². The fraction of sp³-hybridized carbons (Fsp3) is 0.0952. The lowest BCUT2D eigenvalue weighted by Gasteiger charge is -2.08. The highest BCUT2D eigenvalue weighted by Crippen LogP contribution is 2.28. The number of hydrogen-bond donors (Lipinski definition) is 3. The molecular formula is C21H21N5O4S2. The fourth-order valence-corrected chi connectivity index (χ4v) is 4.53. The number of carbonyl (C=O) groups excluding carboxylic acids is 1. The van der Waals surface area contributed by atoms with Crippen LogP contribution in [0.3, 0.4) is 0 Å². The standard InChI is InChI=1S/C21H21N5O4S2/c1-13(15-4-9-18-19(10-15)31-21(25-18)24-14(2)27)11-23-12-20(22)26-32(28,29)17-7-5-16(30-3)6-8-17/h4-12,26H,1,22H2,2-3H3,(H,24,25,27)/b20-12+,23-11?. The van der Waals surface area contributed by atoms with E-state index in [1.165, 1.54) is 62.1 Å². The summed E-state index contributed by atoms with van der Waals surface area (Å²) in [5.74, 6) is 0.203. The summed E-state index contributed by atoms with van der Waals surface area (Å²) in [5, 5.41) is 3.18. The van der Waals surface area contributed by atoms with E-state index in [9.17, 15) is 13.2 Å². The maximum atomic E-state index is 12.4. The Morgan fingerprint density at radius 2 is 1.97 bits per heavy atom. The molecule has 0 aliphatic rings. The van der Waals surface area contributed by atoms with Crippen LogP contribution in [0, 0.1) is 0 Å². The second-order valence-electron chi connectivity index (χ2n) is 6.55. The summed E-state index contributed by atoms with van der Waals surface area (Å²) in [6.07, 6.45) is 2.65. The molecule has 166 valence electrons. The van der Waals surface area contributed by atoms with Crippen molar-refractivity contribution in [1.29, 1.82) is 0 Å². The molecule has 0 atom stereocenters. The number of sulfonamides is 1. The van der Waals surface area contributed by atoms with E-state index in [4.69, 9.17) is 10.5 Å². The van der Waals surface area contributed by atoms with Gasteiger partial charge in [0.1, 0.15) is 11.6 Å². The first-order valence-corrected chi connectivity index (χ1v) is 11.5. The molecule has 0 aliphatic heterocycles. The minimum absolute atomic E-state index is 0.0412. The zero-order chi connectivity index (χ0) is 23.3. The molecule has 0 unspecified atom stereocenters. The summed E-state index contributed by atoms with van der Waals surface area (Å²) in [7, 11) is -2.36. The molecule has 0 spiro atoms. The third kappa shape index (κ3) is 5.71. The Balaban J connectivity index is 1.68. The predicted octanol–water partition coefficient (Wildman–Crippen LogP) is 3.08. The number of hydrogen-bond acceptors (Lipinski definition) is 8. The molecule has 0 fully saturated rings. The number of anilines is 1. The summed E-state index contributed by atoms with van der Waals surface area (Å²) < 4.78 is 32.9. The average Bonchev–Trinajstić information content (AvgIpc) is 3.14. The highest BCUT2D eigenvalue weighted by Gasteiger charge is 2.14. The van der Waals surface area contributed by atoms with Crippen molar-refractivity contribution in [3.63, 3.8) is 0 Å². The molecule has 0 saturated carbocycles. The zero-order valence-corrected chi connectivity index (χ0v) is 19.0. The number of benzene rings is 2. The number of amides is 1. The SMILES string of the molecule is C=C(C=N/C=C(\N)NS(=O)(=O)c1ccc(OC)cc1)c1ccc2nc(NC(C)=O)sc2c1. The van der Waals surface area contributed by atoms with Gasteiger partial charge in [-0.3, -0.25) is 14.5 Å². The monoisotopic (exact) mass is 471 g/mol. The van der Waals surface area contributed by atoms with E-state index < -0.39 is 10.0 Å². The van der Waals surface area contributed by atoms with Gasteiger partial charge in [-0.1, -0.05) is 24.0 Å². The normalized spacial score (nSPS) is 12.1. The van der Waals surface area contributed by atoms with Crippen LogP contribution in [-0.2, 0) is 14.8 Å². The van der Waals surface area contributed by atoms with Gasteiger partial charge in [-0.15, -0.1) is 0 Å². The van der Waals surface area contributed by atoms with Crippen LogP contribution in [0.25, 0.3) is 15.8 Å². The highest BCUT2D eigenvalue weighted by molar-refractivity contribution is 7.89. The van der Waals surface area contributed by atoms with Crippen molar-refractivity contribution in [3.05, 3.63) is 66.6 Å². The molecule has 0 saturated heterocycles. The maximum Gasteiger partial charge on any atom is 0.263 e. The number of allylic oxidation sites excluding steroid dienone is 1. The summed E-state index contributed by atoms with van der Waals surface area (Å²) in [6.45, 7) is 5.39. The van der Waals surface area contributed by atoms with Gasteiger partial charge in [0.25, 0.3) is 10.0 Å². The Labute approximate surface area is 189 Å². The number of aliphatic imine (C=N–C) groups is 1. The van der Waals surface area contributed by atoms with Crippen LogP contribution in [0.5, 0.6) is 5.75 Å². The van der Waals surface area contributed by atoms with E-state index >= 15 is 0 Å². The number of aromatic nitrogens is 1. The van der Waals surface area contributed by atoms with Gasteiger partial charge in [0, 0.05) is 13.1 Å². The molecule has 1 aromatic heterocycles. The van der Waals surface area contributed by atoms with Crippen molar-refractivity contribution in [2.75, 3.05) is 12.4 Å². The molecule has 1 heterocycles. The lowest BCUT2D eigenvalue weighted by atomic mass is 10.1. The molecule has 2 aromatic carbocycles. The van der Waals surface area contributed by atoms with Gasteiger partial charge in [0.2, 0.25) is 5.91 Å². The third-order valence-electron chi connectivity index (χ3n) is 4.11. The molecule has 4 N–H and O–H groups in total. The summed E-state index contributed by atoms with van der Waals surface area (Å²) in [5.41, 5.74) is 7.89. The van der Waals surface area contributed by atoms with E-state index in [0.717, 1.165) is 15.8 Å². The Bertz CT molecular complexity index is 1330. The number of fused-ring (bicyclic) bond motifs is 1. The Morgan fingerprint density at radius 1 is 1.25 bits per heavy atom. The van der Waals surface area contributed by atoms with Crippen molar-refractivity contribution >= 4 is 54.4 Å². The first kappa shape index (κ1) is 23.0. The molecule has 3 rings (SSSR count). The van der Waals surface area contributed by atoms with Crippen LogP contribution in [0.15, 0.2) is 71.0 Å². The van der Waals surface area contributed by atoms with Crippen molar-refractivity contribution in [3.8, 4) is 5.75 Å². The van der Waals surface area contributed by atoms with Crippen LogP contribution in [0.4, 0.5) is 5.13 Å². The summed E-state index contributed by atoms with van der Waals surface area (Å²) in [4.78, 5) is 19.6. The van der Waals surface area contributed by atoms with Crippen LogP contribution < -0.4 is 20.5 Å². The van der Waals surface area contributed by atoms with Gasteiger partial charge in [0.05, 0.1) is 28.4 Å². The first-order valence-electron chi connectivity index (χ1n) is 9.21. The molecular weight excluding hydrogens is 450 g/mol. The molecule has 1 amide bonds. The Morgan fingerprint density at radius 3 is 2.62 bits per heavy atom. The molecule has 32 heavy (non-hydrogen) atoms. The zero-order valence-electron chi connectivity index (χ0n) is 17.3. The van der Waals surface area contributed by atoms with Crippen molar-refractivity contribution in [2.24, 2.45) is 10.7 Å². The van der Waals surface area contributed by atoms with Gasteiger partial charge in [-0.05, 0) is 47.5 Å². The second kappa shape index (κ2) is 9.62. The number of methoxy groups -OCH3 is 1. The molecule has 0 radical (unpaired) electrons. The minimum atomic E-state index is -3.85. The van der Waals surface area contributed by atoms with Crippen molar-refractivity contribution in [2.45, 2.75) is 11.8 Å². The summed E-state index contributed by atoms with van der Waals surface area (Å²) >= 11 is 1.35. The quantitative estimate of drug-likeness (QED) is 0.432. The number of rotatable bonds is 8. The second-order valence-corrected chi connectivity index (χ2v) is 9.26. The van der Waals surface area contributed by atoms with E-state index in [2.05, 4.69) is 26.6 Å². The molecule has 11 heteroatoms. The first-order chi connectivity index (χ1) is 15.2. The van der Waals surface area contributed by atoms with Crippen LogP contribution >= 0.6 is 11.3 Å². The molecule has 0 bridgehead atoms. The Kier molecular flexibility index (Phi) is 6.91. The molecule has 3 aromatic rings. The maximum absolute atomic E-state index is 12.4. The van der Waals surface area contributed by atoms with E-state index in [-0.39, 0.29) is 16.6 Å². The Hall–Kier alpha value is -3.70. The van der Waals surface area contributed by atoms with Gasteiger partial charge in [0.15, 0.2) is 5.13 Å². The number of thiazole rings is 1. The van der Waals surface area contributed by atoms with Crippen LogP contribution in [-0.4, -0.2) is 32.6 Å². The van der Waals surface area contributed by atoms with Gasteiger partial charge >= 0.3 is 0 Å². The minimum Gasteiger partial charge on any atom is -0.497 e. The highest BCUT2D eigenvalue weighted by atomic mass is 32.2. The number of nitrogens with zero attached hydrogens (tertiary/aromatic N) is 2. The lowest BCUT2D eigenvalue weighted by Crippen LogP contribution is -2.27. The number of nitrogens with two attached hydrogens (primary N) is 1. The number of ether oxygens (including phenoxy) is 1. The third-order valence-corrected chi connectivity index (χ3v) is 6.44. The number of nitrogens with one attached hydrogen (secondary N) is 2. The van der Waals surface area contributed by atoms with Gasteiger partial charge < -0.3 is 15.8 Å². The number of carbonyl (C=O) groups is 1. The topological polar surface area (TPSA) is 136 Å².